The van der Waals surface area contributed by atoms with Crippen LogP contribution in [0, 0.1) is 6.92 Å². The van der Waals surface area contributed by atoms with Crippen molar-refractivity contribution in [1.82, 2.24) is 15.3 Å². The van der Waals surface area contributed by atoms with Crippen LogP contribution in [-0.2, 0) is 6.54 Å². The molecule has 0 atom stereocenters. The summed E-state index contributed by atoms with van der Waals surface area (Å²) in [5, 5.41) is 6.28. The predicted octanol–water partition coefficient (Wildman–Crippen LogP) is 3.07. The zero-order chi connectivity index (χ0) is 16.1. The molecule has 0 bridgehead atoms. The number of carbonyl (C=O) groups is 1. The first-order valence-electron chi connectivity index (χ1n) is 8.13. The first-order valence-corrected chi connectivity index (χ1v) is 8.13. The van der Waals surface area contributed by atoms with Crippen molar-refractivity contribution < 1.29 is 4.79 Å². The Morgan fingerprint density at radius 2 is 1.91 bits per heavy atom. The molecule has 1 aliphatic rings. The summed E-state index contributed by atoms with van der Waals surface area (Å²) in [4.78, 5) is 20.5. The second-order valence-electron chi connectivity index (χ2n) is 6.08. The molecule has 5 nitrogen and oxygen atoms in total. The van der Waals surface area contributed by atoms with Gasteiger partial charge in [-0.05, 0) is 25.3 Å². The number of aryl methyl sites for hydroxylation is 1. The lowest BCUT2D eigenvalue weighted by Crippen LogP contribution is -2.24. The molecule has 1 aromatic heterocycles. The highest BCUT2D eigenvalue weighted by molar-refractivity contribution is 5.92. The second kappa shape index (κ2) is 7.22. The van der Waals surface area contributed by atoms with Gasteiger partial charge in [0.05, 0.1) is 0 Å². The van der Waals surface area contributed by atoms with Gasteiger partial charge in [-0.15, -0.1) is 0 Å². The van der Waals surface area contributed by atoms with Crippen LogP contribution in [0.3, 0.4) is 0 Å². The predicted molar refractivity (Wildman–Crippen MR) is 90.3 cm³/mol. The fraction of sp³-hybridized carbons (Fsp3) is 0.389. The van der Waals surface area contributed by atoms with Crippen LogP contribution in [0.5, 0.6) is 0 Å². The average Bonchev–Trinajstić information content (AvgIpc) is 3.07. The van der Waals surface area contributed by atoms with Gasteiger partial charge in [-0.25, -0.2) is 9.97 Å². The molecule has 0 saturated heterocycles. The number of hydrogen-bond donors (Lipinski definition) is 2. The molecule has 5 heteroatoms. The molecule has 1 fully saturated rings. The quantitative estimate of drug-likeness (QED) is 0.890. The third-order valence-corrected chi connectivity index (χ3v) is 4.18. The SMILES string of the molecule is Cc1ccc(CNC(=O)c2cc(NC3CCCC3)ncn2)cc1. The van der Waals surface area contributed by atoms with Crippen molar-refractivity contribution in [1.29, 1.82) is 0 Å². The van der Waals surface area contributed by atoms with E-state index in [1.807, 2.05) is 31.2 Å². The second-order valence-corrected chi connectivity index (χ2v) is 6.08. The van der Waals surface area contributed by atoms with Gasteiger partial charge in [0.1, 0.15) is 17.8 Å². The molecule has 2 N–H and O–H groups in total. The highest BCUT2D eigenvalue weighted by atomic mass is 16.1. The Kier molecular flexibility index (Phi) is 4.86. The summed E-state index contributed by atoms with van der Waals surface area (Å²) in [6.07, 6.45) is 6.29. The number of nitrogens with zero attached hydrogens (tertiary/aromatic N) is 2. The van der Waals surface area contributed by atoms with Crippen molar-refractivity contribution in [2.45, 2.75) is 45.2 Å². The number of amides is 1. The van der Waals surface area contributed by atoms with E-state index < -0.39 is 0 Å². The maximum atomic E-state index is 12.2. The largest absolute Gasteiger partial charge is 0.367 e. The molecule has 1 saturated carbocycles. The van der Waals surface area contributed by atoms with E-state index in [1.165, 1.54) is 37.6 Å². The molecular weight excluding hydrogens is 288 g/mol. The van der Waals surface area contributed by atoms with E-state index in [1.54, 1.807) is 6.07 Å². The van der Waals surface area contributed by atoms with Gasteiger partial charge < -0.3 is 10.6 Å². The lowest BCUT2D eigenvalue weighted by atomic mass is 10.1. The first kappa shape index (κ1) is 15.5. The number of nitrogens with one attached hydrogen (secondary N) is 2. The molecule has 2 aromatic rings. The molecule has 0 aliphatic heterocycles. The van der Waals surface area contributed by atoms with Crippen LogP contribution in [0.2, 0.25) is 0 Å². The lowest BCUT2D eigenvalue weighted by molar-refractivity contribution is 0.0946. The molecule has 0 radical (unpaired) electrons. The van der Waals surface area contributed by atoms with E-state index in [0.717, 1.165) is 11.4 Å². The molecule has 1 heterocycles. The summed E-state index contributed by atoms with van der Waals surface area (Å²) in [6.45, 7) is 2.54. The summed E-state index contributed by atoms with van der Waals surface area (Å²) >= 11 is 0. The third-order valence-electron chi connectivity index (χ3n) is 4.18. The van der Waals surface area contributed by atoms with Crippen LogP contribution in [0.1, 0.15) is 47.3 Å². The fourth-order valence-electron chi connectivity index (χ4n) is 2.82. The Bertz CT molecular complexity index is 663. The summed E-state index contributed by atoms with van der Waals surface area (Å²) < 4.78 is 0. The van der Waals surface area contributed by atoms with Crippen molar-refractivity contribution in [2.75, 3.05) is 5.32 Å². The van der Waals surface area contributed by atoms with E-state index in [9.17, 15) is 4.79 Å². The molecule has 1 aromatic carbocycles. The zero-order valence-electron chi connectivity index (χ0n) is 13.4. The van der Waals surface area contributed by atoms with Crippen molar-refractivity contribution in [3.05, 3.63) is 53.5 Å². The summed E-state index contributed by atoms with van der Waals surface area (Å²) in [5.74, 6) is 0.551. The van der Waals surface area contributed by atoms with Crippen LogP contribution in [0.25, 0.3) is 0 Å². The fourth-order valence-corrected chi connectivity index (χ4v) is 2.82. The van der Waals surface area contributed by atoms with Gasteiger partial charge in [0.15, 0.2) is 0 Å². The van der Waals surface area contributed by atoms with Gasteiger partial charge >= 0.3 is 0 Å². The van der Waals surface area contributed by atoms with E-state index in [0.29, 0.717) is 18.3 Å². The highest BCUT2D eigenvalue weighted by Crippen LogP contribution is 2.21. The number of rotatable bonds is 5. The van der Waals surface area contributed by atoms with Crippen LogP contribution in [0.15, 0.2) is 36.7 Å². The first-order chi connectivity index (χ1) is 11.2. The number of benzene rings is 1. The molecular formula is C18H22N4O. The van der Waals surface area contributed by atoms with Crippen LogP contribution in [0.4, 0.5) is 5.82 Å². The zero-order valence-corrected chi connectivity index (χ0v) is 13.4. The minimum absolute atomic E-state index is 0.178. The molecule has 1 aliphatic carbocycles. The normalized spacial score (nSPS) is 14.7. The van der Waals surface area contributed by atoms with Gasteiger partial charge in [-0.2, -0.15) is 0 Å². The molecule has 23 heavy (non-hydrogen) atoms. The average molecular weight is 310 g/mol. The van der Waals surface area contributed by atoms with Crippen molar-refractivity contribution in [3.8, 4) is 0 Å². The van der Waals surface area contributed by atoms with Gasteiger partial charge in [-0.1, -0.05) is 42.7 Å². The topological polar surface area (TPSA) is 66.9 Å². The van der Waals surface area contributed by atoms with Crippen molar-refractivity contribution in [3.63, 3.8) is 0 Å². The maximum absolute atomic E-state index is 12.2. The van der Waals surface area contributed by atoms with E-state index in [-0.39, 0.29) is 5.91 Å². The van der Waals surface area contributed by atoms with Gasteiger partial charge in [0.25, 0.3) is 5.91 Å². The van der Waals surface area contributed by atoms with Crippen molar-refractivity contribution >= 4 is 11.7 Å². The smallest absolute Gasteiger partial charge is 0.270 e. The van der Waals surface area contributed by atoms with Crippen LogP contribution < -0.4 is 10.6 Å². The van der Waals surface area contributed by atoms with Crippen LogP contribution >= 0.6 is 0 Å². The Balaban J connectivity index is 1.59. The Morgan fingerprint density at radius 3 is 2.65 bits per heavy atom. The van der Waals surface area contributed by atoms with Gasteiger partial charge in [0, 0.05) is 18.7 Å². The van der Waals surface area contributed by atoms with Gasteiger partial charge in [-0.3, -0.25) is 4.79 Å². The minimum atomic E-state index is -0.178. The molecule has 0 spiro atoms. The number of anilines is 1. The van der Waals surface area contributed by atoms with E-state index >= 15 is 0 Å². The summed E-state index contributed by atoms with van der Waals surface area (Å²) in [7, 11) is 0. The lowest BCUT2D eigenvalue weighted by Gasteiger charge is -2.12. The minimum Gasteiger partial charge on any atom is -0.367 e. The third kappa shape index (κ3) is 4.28. The number of carbonyl (C=O) groups excluding carboxylic acids is 1. The number of aromatic nitrogens is 2. The molecule has 0 unspecified atom stereocenters. The Hall–Kier alpha value is -2.43. The Morgan fingerprint density at radius 1 is 1.17 bits per heavy atom. The number of hydrogen-bond acceptors (Lipinski definition) is 4. The highest BCUT2D eigenvalue weighted by Gasteiger charge is 2.16. The van der Waals surface area contributed by atoms with Gasteiger partial charge in [0.2, 0.25) is 0 Å². The van der Waals surface area contributed by atoms with E-state index in [4.69, 9.17) is 0 Å². The van der Waals surface area contributed by atoms with Crippen LogP contribution in [-0.4, -0.2) is 21.9 Å². The Labute approximate surface area is 136 Å². The summed E-state index contributed by atoms with van der Waals surface area (Å²) in [5.41, 5.74) is 2.67. The molecule has 120 valence electrons. The van der Waals surface area contributed by atoms with Crippen molar-refractivity contribution in [2.24, 2.45) is 0 Å². The maximum Gasteiger partial charge on any atom is 0.270 e. The molecule has 3 rings (SSSR count). The summed E-state index contributed by atoms with van der Waals surface area (Å²) in [6, 6.07) is 10.3. The monoisotopic (exact) mass is 310 g/mol. The van der Waals surface area contributed by atoms with E-state index in [2.05, 4.69) is 20.6 Å². The molecule has 1 amide bonds. The standard InChI is InChI=1S/C18H22N4O/c1-13-6-8-14(9-7-13)11-19-18(23)16-10-17(21-12-20-16)22-15-4-2-3-5-15/h6-10,12,15H,2-5,11H2,1H3,(H,19,23)(H,20,21,22).